The molecular weight excluding hydrogens is 354 g/mol. The average Bonchev–Trinajstić information content (AvgIpc) is 3.45. The third kappa shape index (κ3) is 3.45. The molecule has 0 radical (unpaired) electrons. The van der Waals surface area contributed by atoms with Crippen LogP contribution in [-0.2, 0) is 0 Å². The molecule has 1 aliphatic rings. The highest BCUT2D eigenvalue weighted by molar-refractivity contribution is 5.95. The second-order valence-corrected chi connectivity index (χ2v) is 6.85. The van der Waals surface area contributed by atoms with Crippen LogP contribution in [0.3, 0.4) is 0 Å². The van der Waals surface area contributed by atoms with Crippen molar-refractivity contribution in [1.82, 2.24) is 14.7 Å². The van der Waals surface area contributed by atoms with E-state index < -0.39 is 0 Å². The number of amides is 1. The number of carbonyl (C=O) groups excluding carboxylic acids is 1. The molecule has 1 aliphatic heterocycles. The molecule has 28 heavy (non-hydrogen) atoms. The topological polar surface area (TPSA) is 56.6 Å². The predicted octanol–water partition coefficient (Wildman–Crippen LogP) is 3.52. The first kappa shape index (κ1) is 18.1. The Balaban J connectivity index is 1.53. The van der Waals surface area contributed by atoms with E-state index >= 15 is 0 Å². The van der Waals surface area contributed by atoms with E-state index in [1.54, 1.807) is 25.1 Å². The molecule has 0 aliphatic carbocycles. The number of carbonyl (C=O) groups is 1. The van der Waals surface area contributed by atoms with Gasteiger partial charge in [0, 0.05) is 42.5 Å². The molecular formula is C22H23N3O3. The maximum absolute atomic E-state index is 13.1. The van der Waals surface area contributed by atoms with Crippen molar-refractivity contribution in [1.29, 1.82) is 0 Å². The van der Waals surface area contributed by atoms with E-state index in [1.165, 1.54) is 0 Å². The number of likely N-dealkylation sites (tertiary alicyclic amines) is 1. The van der Waals surface area contributed by atoms with Gasteiger partial charge in [-0.1, -0.05) is 6.07 Å². The molecule has 1 fully saturated rings. The number of methoxy groups -OCH3 is 2. The van der Waals surface area contributed by atoms with E-state index in [2.05, 4.69) is 5.10 Å². The fourth-order valence-electron chi connectivity index (χ4n) is 3.74. The van der Waals surface area contributed by atoms with Gasteiger partial charge in [0.1, 0.15) is 11.5 Å². The van der Waals surface area contributed by atoms with Crippen LogP contribution in [0.4, 0.5) is 0 Å². The number of aromatic nitrogens is 2. The van der Waals surface area contributed by atoms with Gasteiger partial charge in [-0.3, -0.25) is 4.79 Å². The summed E-state index contributed by atoms with van der Waals surface area (Å²) in [5, 5.41) is 4.24. The number of nitrogens with zero attached hydrogens (tertiary/aromatic N) is 3. The maximum Gasteiger partial charge on any atom is 0.253 e. The fraction of sp³-hybridized carbons (Fsp3) is 0.273. The van der Waals surface area contributed by atoms with Crippen molar-refractivity contribution in [2.45, 2.75) is 12.3 Å². The lowest BCUT2D eigenvalue weighted by molar-refractivity contribution is 0.0790. The first-order valence-corrected chi connectivity index (χ1v) is 9.31. The lowest BCUT2D eigenvalue weighted by Crippen LogP contribution is -2.28. The number of rotatable bonds is 5. The van der Waals surface area contributed by atoms with Crippen molar-refractivity contribution in [3.05, 3.63) is 72.1 Å². The van der Waals surface area contributed by atoms with Gasteiger partial charge < -0.3 is 14.4 Å². The molecule has 0 N–H and O–H groups in total. The molecule has 1 aromatic heterocycles. The summed E-state index contributed by atoms with van der Waals surface area (Å²) in [6, 6.07) is 15.3. The Morgan fingerprint density at radius 1 is 1.11 bits per heavy atom. The summed E-state index contributed by atoms with van der Waals surface area (Å²) in [6.45, 7) is 1.38. The van der Waals surface area contributed by atoms with E-state index in [1.807, 2.05) is 59.6 Å². The van der Waals surface area contributed by atoms with Crippen molar-refractivity contribution in [2.24, 2.45) is 0 Å². The lowest BCUT2D eigenvalue weighted by atomic mass is 9.97. The molecule has 1 saturated heterocycles. The molecule has 6 heteroatoms. The molecule has 1 amide bonds. The van der Waals surface area contributed by atoms with Gasteiger partial charge >= 0.3 is 0 Å². The summed E-state index contributed by atoms with van der Waals surface area (Å²) < 4.78 is 12.6. The van der Waals surface area contributed by atoms with Gasteiger partial charge in [-0.25, -0.2) is 4.68 Å². The van der Waals surface area contributed by atoms with Crippen LogP contribution in [0.1, 0.15) is 28.3 Å². The van der Waals surface area contributed by atoms with Crippen molar-refractivity contribution < 1.29 is 14.3 Å². The zero-order chi connectivity index (χ0) is 19.5. The molecule has 3 aromatic rings. The second-order valence-electron chi connectivity index (χ2n) is 6.85. The molecule has 2 heterocycles. The summed E-state index contributed by atoms with van der Waals surface area (Å²) in [5.41, 5.74) is 2.63. The molecule has 0 spiro atoms. The molecule has 0 bridgehead atoms. The van der Waals surface area contributed by atoms with Crippen LogP contribution in [0.15, 0.2) is 60.9 Å². The number of ether oxygens (including phenoxy) is 2. The van der Waals surface area contributed by atoms with E-state index in [0.29, 0.717) is 12.1 Å². The van der Waals surface area contributed by atoms with Crippen molar-refractivity contribution in [3.63, 3.8) is 0 Å². The van der Waals surface area contributed by atoms with Gasteiger partial charge in [0.25, 0.3) is 5.91 Å². The molecule has 1 atom stereocenters. The van der Waals surface area contributed by atoms with E-state index in [0.717, 1.165) is 35.7 Å². The number of hydrogen-bond acceptors (Lipinski definition) is 4. The molecule has 4 rings (SSSR count). The monoisotopic (exact) mass is 377 g/mol. The van der Waals surface area contributed by atoms with Gasteiger partial charge in [-0.2, -0.15) is 5.10 Å². The fourth-order valence-corrected chi connectivity index (χ4v) is 3.74. The summed E-state index contributed by atoms with van der Waals surface area (Å²) >= 11 is 0. The van der Waals surface area contributed by atoms with Crippen molar-refractivity contribution >= 4 is 5.91 Å². The minimum absolute atomic E-state index is 0.0402. The van der Waals surface area contributed by atoms with Gasteiger partial charge in [0.2, 0.25) is 0 Å². The van der Waals surface area contributed by atoms with Crippen molar-refractivity contribution in [3.8, 4) is 17.2 Å². The van der Waals surface area contributed by atoms with Crippen LogP contribution >= 0.6 is 0 Å². The van der Waals surface area contributed by atoms with E-state index in [9.17, 15) is 4.79 Å². The molecule has 144 valence electrons. The highest BCUT2D eigenvalue weighted by Crippen LogP contribution is 2.36. The largest absolute Gasteiger partial charge is 0.497 e. The zero-order valence-corrected chi connectivity index (χ0v) is 16.0. The minimum atomic E-state index is 0.0402. The quantitative estimate of drug-likeness (QED) is 0.683. The van der Waals surface area contributed by atoms with Gasteiger partial charge in [-0.05, 0) is 48.9 Å². The highest BCUT2D eigenvalue weighted by atomic mass is 16.5. The van der Waals surface area contributed by atoms with Gasteiger partial charge in [0.15, 0.2) is 0 Å². The Morgan fingerprint density at radius 3 is 2.75 bits per heavy atom. The maximum atomic E-state index is 13.1. The first-order chi connectivity index (χ1) is 13.7. The van der Waals surface area contributed by atoms with Crippen LogP contribution in [0.5, 0.6) is 11.5 Å². The minimum Gasteiger partial charge on any atom is -0.497 e. The Morgan fingerprint density at radius 2 is 2.00 bits per heavy atom. The Kier molecular flexibility index (Phi) is 5.02. The number of hydrogen-bond donors (Lipinski definition) is 0. The Hall–Kier alpha value is -3.28. The predicted molar refractivity (Wildman–Crippen MR) is 106 cm³/mol. The van der Waals surface area contributed by atoms with Crippen LogP contribution in [0, 0.1) is 0 Å². The Labute approximate surface area is 164 Å². The standard InChI is InChI=1S/C22H23N3O3/c1-27-19-7-8-21(28-2)20(14-19)17-9-12-24(15-17)22(26)16-5-3-6-18(13-16)25-11-4-10-23-25/h3-8,10-11,13-14,17H,9,12,15H2,1-2H3/t17-/m0/s1. The normalized spacial score (nSPS) is 16.2. The zero-order valence-electron chi connectivity index (χ0n) is 16.0. The number of benzene rings is 2. The molecule has 2 aromatic carbocycles. The molecule has 0 saturated carbocycles. The van der Waals surface area contributed by atoms with Crippen molar-refractivity contribution in [2.75, 3.05) is 27.3 Å². The average molecular weight is 377 g/mol. The summed E-state index contributed by atoms with van der Waals surface area (Å²) in [5.74, 6) is 1.90. The third-order valence-electron chi connectivity index (χ3n) is 5.21. The first-order valence-electron chi connectivity index (χ1n) is 9.31. The van der Waals surface area contributed by atoms with Gasteiger partial charge in [0.05, 0.1) is 19.9 Å². The summed E-state index contributed by atoms with van der Waals surface area (Å²) in [7, 11) is 3.33. The lowest BCUT2D eigenvalue weighted by Gasteiger charge is -2.19. The van der Waals surface area contributed by atoms with Crippen LogP contribution in [0.25, 0.3) is 5.69 Å². The summed E-state index contributed by atoms with van der Waals surface area (Å²) in [6.07, 6.45) is 4.49. The summed E-state index contributed by atoms with van der Waals surface area (Å²) in [4.78, 5) is 15.0. The van der Waals surface area contributed by atoms with Crippen LogP contribution in [0.2, 0.25) is 0 Å². The second kappa shape index (κ2) is 7.76. The molecule has 6 nitrogen and oxygen atoms in total. The third-order valence-corrected chi connectivity index (χ3v) is 5.21. The highest BCUT2D eigenvalue weighted by Gasteiger charge is 2.30. The SMILES string of the molecule is COc1ccc(OC)c([C@H]2CCN(C(=O)c3cccc(-n4cccn4)c3)C2)c1. The van der Waals surface area contributed by atoms with Crippen LogP contribution in [-0.4, -0.2) is 47.9 Å². The van der Waals surface area contributed by atoms with Gasteiger partial charge in [-0.15, -0.1) is 0 Å². The van der Waals surface area contributed by atoms with Crippen LogP contribution < -0.4 is 9.47 Å². The Bertz CT molecular complexity index is 969. The van der Waals surface area contributed by atoms with E-state index in [4.69, 9.17) is 9.47 Å². The smallest absolute Gasteiger partial charge is 0.253 e. The van der Waals surface area contributed by atoms with E-state index in [-0.39, 0.29) is 11.8 Å². The molecule has 0 unspecified atom stereocenters.